The quantitative estimate of drug-likeness (QED) is 0.722. The molecule has 92 valence electrons. The molecule has 0 saturated carbocycles. The summed E-state index contributed by atoms with van der Waals surface area (Å²) in [7, 11) is 1.69. The zero-order chi connectivity index (χ0) is 13.0. The molecule has 0 heterocycles. The zero-order valence-corrected chi connectivity index (χ0v) is 11.9. The predicted molar refractivity (Wildman–Crippen MR) is 73.8 cm³/mol. The summed E-state index contributed by atoms with van der Waals surface area (Å²) < 4.78 is 5.42. The van der Waals surface area contributed by atoms with Crippen LogP contribution in [0.5, 0.6) is 5.75 Å². The van der Waals surface area contributed by atoms with Gasteiger partial charge < -0.3 is 4.74 Å². The third-order valence-electron chi connectivity index (χ3n) is 3.12. The van der Waals surface area contributed by atoms with Gasteiger partial charge in [-0.05, 0) is 43.0 Å². The Morgan fingerprint density at radius 2 is 1.94 bits per heavy atom. The average Bonchev–Trinajstić information content (AvgIpc) is 2.31. The number of halogens is 1. The first-order valence-corrected chi connectivity index (χ1v) is 6.15. The van der Waals surface area contributed by atoms with E-state index in [0.717, 1.165) is 21.9 Å². The van der Waals surface area contributed by atoms with Crippen molar-refractivity contribution >= 4 is 11.6 Å². The van der Waals surface area contributed by atoms with Crippen molar-refractivity contribution in [1.82, 2.24) is 0 Å². The largest absolute Gasteiger partial charge is 0.496 e. The lowest BCUT2D eigenvalue weighted by Crippen LogP contribution is -2.06. The molecule has 0 aromatic heterocycles. The zero-order valence-electron chi connectivity index (χ0n) is 11.1. The van der Waals surface area contributed by atoms with Crippen molar-refractivity contribution in [3.8, 4) is 17.6 Å². The van der Waals surface area contributed by atoms with Crippen LogP contribution >= 0.6 is 11.6 Å². The minimum absolute atomic E-state index is 0.285. The van der Waals surface area contributed by atoms with E-state index in [4.69, 9.17) is 16.3 Å². The van der Waals surface area contributed by atoms with Gasteiger partial charge in [-0.2, -0.15) is 0 Å². The molecule has 0 amide bonds. The molecular formula is C15H19ClO. The molecule has 1 rings (SSSR count). The summed E-state index contributed by atoms with van der Waals surface area (Å²) in [5, 5.41) is 0.782. The molecule has 0 radical (unpaired) electrons. The van der Waals surface area contributed by atoms with Crippen LogP contribution in [0.1, 0.15) is 37.8 Å². The van der Waals surface area contributed by atoms with E-state index >= 15 is 0 Å². The highest BCUT2D eigenvalue weighted by Gasteiger charge is 2.18. The Hall–Kier alpha value is -1.13. The molecule has 0 aliphatic heterocycles. The first kappa shape index (κ1) is 13.9. The summed E-state index contributed by atoms with van der Waals surface area (Å²) in [6.07, 6.45) is 0. The van der Waals surface area contributed by atoms with E-state index < -0.39 is 0 Å². The molecule has 2 unspecified atom stereocenters. The van der Waals surface area contributed by atoms with Crippen molar-refractivity contribution in [3.05, 3.63) is 28.3 Å². The van der Waals surface area contributed by atoms with E-state index in [9.17, 15) is 0 Å². The van der Waals surface area contributed by atoms with Crippen molar-refractivity contribution in [1.29, 1.82) is 0 Å². The van der Waals surface area contributed by atoms with Crippen LogP contribution in [0.15, 0.2) is 12.1 Å². The number of hydrogen-bond donors (Lipinski definition) is 0. The van der Waals surface area contributed by atoms with Crippen molar-refractivity contribution < 1.29 is 4.74 Å². The lowest BCUT2D eigenvalue weighted by atomic mass is 9.88. The van der Waals surface area contributed by atoms with E-state index in [1.807, 2.05) is 26.0 Å². The lowest BCUT2D eigenvalue weighted by molar-refractivity contribution is 0.402. The number of benzene rings is 1. The molecule has 0 saturated heterocycles. The molecule has 2 heteroatoms. The fourth-order valence-electron chi connectivity index (χ4n) is 1.83. The van der Waals surface area contributed by atoms with E-state index in [1.165, 1.54) is 0 Å². The maximum Gasteiger partial charge on any atom is 0.122 e. The Labute approximate surface area is 109 Å². The van der Waals surface area contributed by atoms with Gasteiger partial charge in [-0.3, -0.25) is 0 Å². The number of aryl methyl sites for hydroxylation is 1. The number of hydrogen-bond acceptors (Lipinski definition) is 1. The van der Waals surface area contributed by atoms with Crippen LogP contribution in [-0.2, 0) is 0 Å². The molecule has 0 bridgehead atoms. The van der Waals surface area contributed by atoms with Crippen LogP contribution in [0.25, 0.3) is 0 Å². The number of rotatable bonds is 3. The predicted octanol–water partition coefficient (Wildman–Crippen LogP) is 4.42. The molecule has 1 nitrogen and oxygen atoms in total. The lowest BCUT2D eigenvalue weighted by Gasteiger charge is -2.19. The Balaban J connectivity index is 3.18. The molecule has 2 atom stereocenters. The van der Waals surface area contributed by atoms with E-state index in [0.29, 0.717) is 5.92 Å². The molecule has 1 aromatic rings. The fraction of sp³-hybridized carbons (Fsp3) is 0.467. The summed E-state index contributed by atoms with van der Waals surface area (Å²) >= 11 is 6.18. The summed E-state index contributed by atoms with van der Waals surface area (Å²) in [5.41, 5.74) is 2.16. The van der Waals surface area contributed by atoms with Gasteiger partial charge >= 0.3 is 0 Å². The highest BCUT2D eigenvalue weighted by molar-refractivity contribution is 6.31. The normalized spacial score (nSPS) is 13.5. The Morgan fingerprint density at radius 3 is 2.47 bits per heavy atom. The van der Waals surface area contributed by atoms with Crippen LogP contribution in [0.2, 0.25) is 5.02 Å². The summed E-state index contributed by atoms with van der Waals surface area (Å²) in [6, 6.07) is 3.98. The van der Waals surface area contributed by atoms with Gasteiger partial charge in [0.15, 0.2) is 0 Å². The average molecular weight is 251 g/mol. The van der Waals surface area contributed by atoms with E-state index in [-0.39, 0.29) is 5.92 Å². The fourth-order valence-corrected chi connectivity index (χ4v) is 2.00. The SMILES string of the molecule is CC#CC(C)C(C)c1cc(Cl)c(C)cc1OC. The molecule has 17 heavy (non-hydrogen) atoms. The number of methoxy groups -OCH3 is 1. The second-order valence-corrected chi connectivity index (χ2v) is 4.72. The van der Waals surface area contributed by atoms with Gasteiger partial charge in [-0.15, -0.1) is 5.92 Å². The van der Waals surface area contributed by atoms with Crippen LogP contribution in [-0.4, -0.2) is 7.11 Å². The van der Waals surface area contributed by atoms with Crippen molar-refractivity contribution in [3.63, 3.8) is 0 Å². The molecule has 0 fully saturated rings. The van der Waals surface area contributed by atoms with Gasteiger partial charge in [0, 0.05) is 10.9 Å². The standard InChI is InChI=1S/C15H19ClO/c1-6-7-10(2)12(4)13-9-14(16)11(3)8-15(13)17-5/h8-10,12H,1-5H3. The van der Waals surface area contributed by atoms with Crippen molar-refractivity contribution in [2.45, 2.75) is 33.6 Å². The van der Waals surface area contributed by atoms with Crippen LogP contribution in [0.3, 0.4) is 0 Å². The molecule has 0 N–H and O–H groups in total. The summed E-state index contributed by atoms with van der Waals surface area (Å²) in [5.74, 6) is 7.62. The van der Waals surface area contributed by atoms with Gasteiger partial charge in [-0.1, -0.05) is 31.4 Å². The van der Waals surface area contributed by atoms with E-state index in [1.54, 1.807) is 7.11 Å². The first-order valence-electron chi connectivity index (χ1n) is 5.77. The topological polar surface area (TPSA) is 9.23 Å². The number of ether oxygens (including phenoxy) is 1. The maximum absolute atomic E-state index is 6.18. The Kier molecular flexibility index (Phi) is 4.90. The highest BCUT2D eigenvalue weighted by atomic mass is 35.5. The third kappa shape index (κ3) is 3.17. The Morgan fingerprint density at radius 1 is 1.29 bits per heavy atom. The van der Waals surface area contributed by atoms with Crippen molar-refractivity contribution in [2.75, 3.05) is 7.11 Å². The van der Waals surface area contributed by atoms with Crippen LogP contribution in [0, 0.1) is 24.7 Å². The molecular weight excluding hydrogens is 232 g/mol. The first-order chi connectivity index (χ1) is 8.01. The molecule has 0 aliphatic carbocycles. The molecule has 0 spiro atoms. The maximum atomic E-state index is 6.18. The second-order valence-electron chi connectivity index (χ2n) is 4.32. The van der Waals surface area contributed by atoms with Gasteiger partial charge in [0.25, 0.3) is 0 Å². The van der Waals surface area contributed by atoms with E-state index in [2.05, 4.69) is 25.7 Å². The minimum atomic E-state index is 0.285. The molecule has 1 aromatic carbocycles. The highest BCUT2D eigenvalue weighted by Crippen LogP contribution is 2.35. The van der Waals surface area contributed by atoms with Crippen LogP contribution < -0.4 is 4.74 Å². The third-order valence-corrected chi connectivity index (χ3v) is 3.53. The van der Waals surface area contributed by atoms with Gasteiger partial charge in [0.2, 0.25) is 0 Å². The summed E-state index contributed by atoms with van der Waals surface area (Å²) in [4.78, 5) is 0. The monoisotopic (exact) mass is 250 g/mol. The van der Waals surface area contributed by atoms with Gasteiger partial charge in [0.1, 0.15) is 5.75 Å². The second kappa shape index (κ2) is 5.98. The van der Waals surface area contributed by atoms with Crippen LogP contribution in [0.4, 0.5) is 0 Å². The van der Waals surface area contributed by atoms with Gasteiger partial charge in [-0.25, -0.2) is 0 Å². The van der Waals surface area contributed by atoms with Crippen molar-refractivity contribution in [2.24, 2.45) is 5.92 Å². The smallest absolute Gasteiger partial charge is 0.122 e. The minimum Gasteiger partial charge on any atom is -0.496 e. The Bertz CT molecular complexity index is 454. The van der Waals surface area contributed by atoms with Gasteiger partial charge in [0.05, 0.1) is 7.11 Å². The summed E-state index contributed by atoms with van der Waals surface area (Å²) in [6.45, 7) is 8.12. The molecule has 0 aliphatic rings.